The molecule has 1 atom stereocenters. The van der Waals surface area contributed by atoms with Crippen LogP contribution in [0.5, 0.6) is 0 Å². The van der Waals surface area contributed by atoms with Gasteiger partial charge in [0.2, 0.25) is 0 Å². The molecule has 0 aromatic heterocycles. The minimum atomic E-state index is -1.26. The SMILES string of the molecule is COC(CC(=O)O)C(=O)O.[Ag]. The molecule has 0 fully saturated rings. The molecule has 1 unspecified atom stereocenters. The van der Waals surface area contributed by atoms with E-state index >= 15 is 0 Å². The standard InChI is InChI=1S/C5H8O5.Ag/c1-10-3(5(8)9)2-4(6)7;/h3H,2H2,1H3,(H,6,7)(H,8,9);. The monoisotopic (exact) mass is 255 g/mol. The molecule has 0 saturated carbocycles. The van der Waals surface area contributed by atoms with Gasteiger partial charge >= 0.3 is 11.9 Å². The first kappa shape index (κ1) is 13.2. The Hall–Kier alpha value is -0.360. The summed E-state index contributed by atoms with van der Waals surface area (Å²) in [5.41, 5.74) is 0. The zero-order chi connectivity index (χ0) is 8.15. The minimum Gasteiger partial charge on any atom is -0.481 e. The Balaban J connectivity index is 0. The fourth-order valence-corrected chi connectivity index (χ4v) is 0.430. The van der Waals surface area contributed by atoms with E-state index < -0.39 is 24.5 Å². The zero-order valence-corrected chi connectivity index (χ0v) is 7.19. The van der Waals surface area contributed by atoms with E-state index in [4.69, 9.17) is 10.2 Å². The molecule has 11 heavy (non-hydrogen) atoms. The van der Waals surface area contributed by atoms with E-state index in [1.807, 2.05) is 0 Å². The third-order valence-corrected chi connectivity index (χ3v) is 0.920. The van der Waals surface area contributed by atoms with Crippen molar-refractivity contribution in [2.75, 3.05) is 7.11 Å². The topological polar surface area (TPSA) is 83.8 Å². The first-order chi connectivity index (χ1) is 4.57. The summed E-state index contributed by atoms with van der Waals surface area (Å²) in [6, 6.07) is 0. The number of aliphatic carboxylic acids is 2. The van der Waals surface area contributed by atoms with Crippen molar-refractivity contribution in [2.24, 2.45) is 0 Å². The molecule has 0 aromatic rings. The predicted octanol–water partition coefficient (Wildman–Crippen LogP) is -0.442. The Morgan fingerprint density at radius 3 is 2.00 bits per heavy atom. The molecule has 0 rings (SSSR count). The summed E-state index contributed by atoms with van der Waals surface area (Å²) < 4.78 is 4.34. The number of methoxy groups -OCH3 is 1. The molecule has 2 N–H and O–H groups in total. The van der Waals surface area contributed by atoms with Crippen molar-refractivity contribution in [1.29, 1.82) is 0 Å². The maximum Gasteiger partial charge on any atom is 0.333 e. The van der Waals surface area contributed by atoms with Crippen LogP contribution >= 0.6 is 0 Å². The molecule has 0 saturated heterocycles. The van der Waals surface area contributed by atoms with Crippen molar-refractivity contribution in [3.63, 3.8) is 0 Å². The largest absolute Gasteiger partial charge is 0.481 e. The van der Waals surface area contributed by atoms with Crippen molar-refractivity contribution in [1.82, 2.24) is 0 Å². The van der Waals surface area contributed by atoms with Crippen molar-refractivity contribution in [2.45, 2.75) is 12.5 Å². The van der Waals surface area contributed by atoms with Gasteiger partial charge < -0.3 is 14.9 Å². The van der Waals surface area contributed by atoms with E-state index in [1.165, 1.54) is 0 Å². The van der Waals surface area contributed by atoms with E-state index in [-0.39, 0.29) is 22.4 Å². The van der Waals surface area contributed by atoms with E-state index in [0.29, 0.717) is 0 Å². The number of carbonyl (C=O) groups is 2. The van der Waals surface area contributed by atoms with Gasteiger partial charge in [-0.2, -0.15) is 0 Å². The van der Waals surface area contributed by atoms with Gasteiger partial charge in [-0.3, -0.25) is 4.79 Å². The molecular formula is C5H8AgO5. The Morgan fingerprint density at radius 2 is 1.91 bits per heavy atom. The maximum absolute atomic E-state index is 10.1. The van der Waals surface area contributed by atoms with Crippen LogP contribution in [0.4, 0.5) is 0 Å². The zero-order valence-electron chi connectivity index (χ0n) is 5.71. The van der Waals surface area contributed by atoms with Crippen LogP contribution < -0.4 is 0 Å². The Kier molecular flexibility index (Phi) is 7.65. The summed E-state index contributed by atoms with van der Waals surface area (Å²) in [4.78, 5) is 20.0. The molecule has 0 spiro atoms. The normalized spacial score (nSPS) is 11.4. The van der Waals surface area contributed by atoms with Crippen molar-refractivity contribution in [3.05, 3.63) is 0 Å². The third kappa shape index (κ3) is 6.06. The van der Waals surface area contributed by atoms with Gasteiger partial charge in [-0.15, -0.1) is 0 Å². The van der Waals surface area contributed by atoms with Crippen LogP contribution in [0, 0.1) is 0 Å². The summed E-state index contributed by atoms with van der Waals surface area (Å²) in [5.74, 6) is -2.45. The van der Waals surface area contributed by atoms with Crippen molar-refractivity contribution < 1.29 is 46.9 Å². The maximum atomic E-state index is 10.1. The summed E-state index contributed by atoms with van der Waals surface area (Å²) in [6.45, 7) is 0. The Bertz CT molecular complexity index is 146. The second kappa shape index (κ2) is 6.36. The number of carboxylic acid groups (broad SMARTS) is 2. The van der Waals surface area contributed by atoms with E-state index in [1.54, 1.807) is 0 Å². The van der Waals surface area contributed by atoms with Crippen molar-refractivity contribution in [3.8, 4) is 0 Å². The van der Waals surface area contributed by atoms with Crippen LogP contribution in [-0.2, 0) is 36.7 Å². The second-order valence-electron chi connectivity index (χ2n) is 1.66. The summed E-state index contributed by atoms with van der Waals surface area (Å²) in [5, 5.41) is 16.4. The first-order valence-corrected chi connectivity index (χ1v) is 2.55. The number of hydrogen-bond donors (Lipinski definition) is 2. The van der Waals surface area contributed by atoms with Gasteiger partial charge in [0, 0.05) is 29.5 Å². The van der Waals surface area contributed by atoms with E-state index in [0.717, 1.165) is 7.11 Å². The average molecular weight is 256 g/mol. The van der Waals surface area contributed by atoms with E-state index in [9.17, 15) is 9.59 Å². The predicted molar refractivity (Wildman–Crippen MR) is 30.7 cm³/mol. The fraction of sp³-hybridized carbons (Fsp3) is 0.600. The molecular weight excluding hydrogens is 248 g/mol. The van der Waals surface area contributed by atoms with Crippen LogP contribution in [0.1, 0.15) is 6.42 Å². The van der Waals surface area contributed by atoms with Gasteiger partial charge in [0.25, 0.3) is 0 Å². The van der Waals surface area contributed by atoms with Crippen LogP contribution in [-0.4, -0.2) is 35.4 Å². The quantitative estimate of drug-likeness (QED) is 0.666. The Morgan fingerprint density at radius 1 is 1.45 bits per heavy atom. The van der Waals surface area contributed by atoms with Gasteiger partial charge in [-0.1, -0.05) is 0 Å². The molecule has 0 bridgehead atoms. The van der Waals surface area contributed by atoms with Gasteiger partial charge in [0.15, 0.2) is 6.10 Å². The minimum absolute atomic E-state index is 0. The number of ether oxygens (including phenoxy) is 1. The molecule has 69 valence electrons. The number of hydrogen-bond acceptors (Lipinski definition) is 3. The van der Waals surface area contributed by atoms with Gasteiger partial charge in [0.1, 0.15) is 0 Å². The van der Waals surface area contributed by atoms with Crippen LogP contribution in [0.3, 0.4) is 0 Å². The fourth-order valence-electron chi connectivity index (χ4n) is 0.430. The van der Waals surface area contributed by atoms with E-state index in [2.05, 4.69) is 4.74 Å². The second-order valence-corrected chi connectivity index (χ2v) is 1.66. The van der Waals surface area contributed by atoms with Crippen LogP contribution in [0.15, 0.2) is 0 Å². The Labute approximate surface area is 78.9 Å². The number of rotatable bonds is 4. The molecule has 6 heteroatoms. The van der Waals surface area contributed by atoms with Gasteiger partial charge in [-0.05, 0) is 0 Å². The van der Waals surface area contributed by atoms with Crippen LogP contribution in [0.2, 0.25) is 0 Å². The summed E-state index contributed by atoms with van der Waals surface area (Å²) in [6.07, 6.45) is -1.75. The molecule has 0 aliphatic carbocycles. The summed E-state index contributed by atoms with van der Waals surface area (Å²) in [7, 11) is 1.15. The van der Waals surface area contributed by atoms with Gasteiger partial charge in [0.05, 0.1) is 6.42 Å². The first-order valence-electron chi connectivity index (χ1n) is 2.55. The molecule has 0 aromatic carbocycles. The molecule has 1 radical (unpaired) electrons. The van der Waals surface area contributed by atoms with Crippen molar-refractivity contribution >= 4 is 11.9 Å². The van der Waals surface area contributed by atoms with Crippen LogP contribution in [0.25, 0.3) is 0 Å². The summed E-state index contributed by atoms with van der Waals surface area (Å²) >= 11 is 0. The molecule has 5 nitrogen and oxygen atoms in total. The molecule has 0 aliphatic heterocycles. The smallest absolute Gasteiger partial charge is 0.333 e. The van der Waals surface area contributed by atoms with Gasteiger partial charge in [-0.25, -0.2) is 4.79 Å². The molecule has 0 aliphatic rings. The third-order valence-electron chi connectivity index (χ3n) is 0.920. The number of carboxylic acids is 2. The average Bonchev–Trinajstić information content (AvgIpc) is 1.81. The molecule has 0 heterocycles. The molecule has 0 amide bonds.